The third kappa shape index (κ3) is 6.21. The lowest BCUT2D eigenvalue weighted by Gasteiger charge is -2.13. The van der Waals surface area contributed by atoms with Crippen LogP contribution in [-0.4, -0.2) is 48.8 Å². The quantitative estimate of drug-likeness (QED) is 0.327. The average Bonchev–Trinajstić information content (AvgIpc) is 3.07. The van der Waals surface area contributed by atoms with Gasteiger partial charge in [0, 0.05) is 10.2 Å². The van der Waals surface area contributed by atoms with Gasteiger partial charge in [0.25, 0.3) is 11.1 Å². The molecule has 0 saturated carbocycles. The molecule has 2 aromatic rings. The van der Waals surface area contributed by atoms with Gasteiger partial charge in [-0.15, -0.1) is 0 Å². The van der Waals surface area contributed by atoms with E-state index in [4.69, 9.17) is 14.2 Å². The predicted molar refractivity (Wildman–Crippen MR) is 135 cm³/mol. The van der Waals surface area contributed by atoms with E-state index in [0.29, 0.717) is 46.2 Å². The molecule has 1 aliphatic heterocycles. The Hall–Kier alpha value is -3.24. The SMILES string of the molecule is C=CCOc1cc(Br)c(/C=C2/SC(=O)N(CC(=O)Nc3ccc(OCC)cc3)C2=O)cc1OC. The van der Waals surface area contributed by atoms with Crippen molar-refractivity contribution in [2.45, 2.75) is 6.92 Å². The molecule has 178 valence electrons. The highest BCUT2D eigenvalue weighted by atomic mass is 79.9. The number of nitrogens with zero attached hydrogens (tertiary/aromatic N) is 1. The van der Waals surface area contributed by atoms with Crippen LogP contribution in [0.2, 0.25) is 0 Å². The molecule has 0 radical (unpaired) electrons. The Kier molecular flexibility index (Phi) is 8.78. The molecule has 0 unspecified atom stereocenters. The van der Waals surface area contributed by atoms with Gasteiger partial charge >= 0.3 is 0 Å². The Bertz CT molecular complexity index is 1130. The number of nitrogens with one attached hydrogen (secondary N) is 1. The molecule has 3 amide bonds. The van der Waals surface area contributed by atoms with E-state index < -0.39 is 23.6 Å². The number of benzene rings is 2. The molecule has 0 bridgehead atoms. The lowest BCUT2D eigenvalue weighted by molar-refractivity contribution is -0.127. The van der Waals surface area contributed by atoms with Crippen molar-refractivity contribution < 1.29 is 28.6 Å². The van der Waals surface area contributed by atoms with Crippen molar-refractivity contribution >= 4 is 56.5 Å². The molecule has 0 spiro atoms. The number of amides is 3. The normalized spacial score (nSPS) is 14.3. The number of ether oxygens (including phenoxy) is 3. The zero-order valence-electron chi connectivity index (χ0n) is 18.6. The number of carbonyl (C=O) groups is 3. The van der Waals surface area contributed by atoms with E-state index in [1.54, 1.807) is 48.6 Å². The summed E-state index contributed by atoms with van der Waals surface area (Å²) in [7, 11) is 1.50. The van der Waals surface area contributed by atoms with Gasteiger partial charge in [-0.2, -0.15) is 0 Å². The topological polar surface area (TPSA) is 94.2 Å². The molecule has 0 atom stereocenters. The van der Waals surface area contributed by atoms with Crippen molar-refractivity contribution in [3.8, 4) is 17.2 Å². The van der Waals surface area contributed by atoms with E-state index in [9.17, 15) is 14.4 Å². The Morgan fingerprint density at radius 3 is 2.56 bits per heavy atom. The fourth-order valence-corrected chi connectivity index (χ4v) is 4.27. The van der Waals surface area contributed by atoms with Crippen molar-refractivity contribution in [3.63, 3.8) is 0 Å². The Morgan fingerprint density at radius 2 is 1.91 bits per heavy atom. The Labute approximate surface area is 210 Å². The van der Waals surface area contributed by atoms with Crippen molar-refractivity contribution in [1.82, 2.24) is 4.90 Å². The first-order valence-electron chi connectivity index (χ1n) is 10.3. The zero-order chi connectivity index (χ0) is 24.7. The standard InChI is InChI=1S/C24H23BrN2O6S/c1-4-10-33-20-13-18(25)15(11-19(20)31-3)12-21-23(29)27(24(30)34-21)14-22(28)26-16-6-8-17(9-7-16)32-5-2/h4,6-9,11-13H,1,5,10,14H2,2-3H3,(H,26,28)/b21-12+. The largest absolute Gasteiger partial charge is 0.494 e. The summed E-state index contributed by atoms with van der Waals surface area (Å²) in [5.41, 5.74) is 1.15. The van der Waals surface area contributed by atoms with Crippen LogP contribution in [0.1, 0.15) is 12.5 Å². The van der Waals surface area contributed by atoms with Gasteiger partial charge < -0.3 is 19.5 Å². The van der Waals surface area contributed by atoms with Gasteiger partial charge in [0.15, 0.2) is 11.5 Å². The van der Waals surface area contributed by atoms with Crippen molar-refractivity contribution in [2.75, 3.05) is 32.2 Å². The molecular formula is C24H23BrN2O6S. The van der Waals surface area contributed by atoms with Gasteiger partial charge in [-0.3, -0.25) is 19.3 Å². The maximum absolute atomic E-state index is 12.8. The second kappa shape index (κ2) is 11.8. The molecule has 10 heteroatoms. The second-order valence-electron chi connectivity index (χ2n) is 6.90. The maximum Gasteiger partial charge on any atom is 0.294 e. The summed E-state index contributed by atoms with van der Waals surface area (Å²) in [4.78, 5) is 38.8. The van der Waals surface area contributed by atoms with Crippen LogP contribution in [0.25, 0.3) is 6.08 Å². The molecule has 1 aliphatic rings. The monoisotopic (exact) mass is 546 g/mol. The molecule has 34 heavy (non-hydrogen) atoms. The second-order valence-corrected chi connectivity index (χ2v) is 8.75. The highest BCUT2D eigenvalue weighted by molar-refractivity contribution is 9.10. The lowest BCUT2D eigenvalue weighted by Crippen LogP contribution is -2.36. The van der Waals surface area contributed by atoms with Crippen LogP contribution >= 0.6 is 27.7 Å². The first kappa shape index (κ1) is 25.4. The number of hydrogen-bond donors (Lipinski definition) is 1. The number of anilines is 1. The molecule has 8 nitrogen and oxygen atoms in total. The minimum Gasteiger partial charge on any atom is -0.494 e. The van der Waals surface area contributed by atoms with E-state index >= 15 is 0 Å². The zero-order valence-corrected chi connectivity index (χ0v) is 21.0. The molecule has 0 aromatic heterocycles. The van der Waals surface area contributed by atoms with Crippen LogP contribution in [0, 0.1) is 0 Å². The maximum atomic E-state index is 12.8. The van der Waals surface area contributed by atoms with Gasteiger partial charge in [-0.25, -0.2) is 0 Å². The van der Waals surface area contributed by atoms with Gasteiger partial charge in [-0.05, 0) is 66.7 Å². The van der Waals surface area contributed by atoms with Crippen LogP contribution < -0.4 is 19.5 Å². The molecule has 2 aromatic carbocycles. The lowest BCUT2D eigenvalue weighted by atomic mass is 10.2. The summed E-state index contributed by atoms with van der Waals surface area (Å²) in [6.45, 7) is 5.94. The predicted octanol–water partition coefficient (Wildman–Crippen LogP) is 5.10. The number of carbonyl (C=O) groups excluding carboxylic acids is 3. The summed E-state index contributed by atoms with van der Waals surface area (Å²) in [6, 6.07) is 10.2. The Balaban J connectivity index is 1.71. The van der Waals surface area contributed by atoms with E-state index in [0.717, 1.165) is 16.7 Å². The summed E-state index contributed by atoms with van der Waals surface area (Å²) >= 11 is 4.22. The minimum absolute atomic E-state index is 0.196. The smallest absolute Gasteiger partial charge is 0.294 e. The third-order valence-corrected chi connectivity index (χ3v) is 6.14. The number of methoxy groups -OCH3 is 1. The number of imide groups is 1. The molecule has 3 rings (SSSR count). The number of hydrogen-bond acceptors (Lipinski definition) is 7. The summed E-state index contributed by atoms with van der Waals surface area (Å²) < 4.78 is 16.9. The molecule has 1 N–H and O–H groups in total. The number of halogens is 1. The van der Waals surface area contributed by atoms with Crippen LogP contribution in [0.15, 0.2) is 58.4 Å². The van der Waals surface area contributed by atoms with Crippen LogP contribution in [0.3, 0.4) is 0 Å². The van der Waals surface area contributed by atoms with Gasteiger partial charge in [0.05, 0.1) is 18.6 Å². The number of rotatable bonds is 10. The summed E-state index contributed by atoms with van der Waals surface area (Å²) in [5, 5.41) is 2.16. The fraction of sp³-hybridized carbons (Fsp3) is 0.208. The van der Waals surface area contributed by atoms with E-state index in [1.165, 1.54) is 7.11 Å². The molecule has 0 aliphatic carbocycles. The number of thioether (sulfide) groups is 1. The first-order valence-corrected chi connectivity index (χ1v) is 11.9. The highest BCUT2D eigenvalue weighted by Gasteiger charge is 2.36. The Morgan fingerprint density at radius 1 is 1.18 bits per heavy atom. The summed E-state index contributed by atoms with van der Waals surface area (Å²) in [6.07, 6.45) is 3.18. The van der Waals surface area contributed by atoms with Gasteiger partial charge in [-0.1, -0.05) is 28.6 Å². The van der Waals surface area contributed by atoms with Crippen LogP contribution in [0.4, 0.5) is 10.5 Å². The van der Waals surface area contributed by atoms with Crippen LogP contribution in [0.5, 0.6) is 17.2 Å². The van der Waals surface area contributed by atoms with Gasteiger partial charge in [0.1, 0.15) is 18.9 Å². The van der Waals surface area contributed by atoms with E-state index in [2.05, 4.69) is 27.8 Å². The van der Waals surface area contributed by atoms with E-state index in [-0.39, 0.29) is 4.91 Å². The third-order valence-electron chi connectivity index (χ3n) is 4.55. The fourth-order valence-electron chi connectivity index (χ4n) is 3.01. The summed E-state index contributed by atoms with van der Waals surface area (Å²) in [5.74, 6) is 0.615. The molecular weight excluding hydrogens is 524 g/mol. The van der Waals surface area contributed by atoms with Gasteiger partial charge in [0.2, 0.25) is 5.91 Å². The van der Waals surface area contributed by atoms with Crippen molar-refractivity contribution in [3.05, 3.63) is 64.0 Å². The molecule has 1 fully saturated rings. The van der Waals surface area contributed by atoms with E-state index in [1.807, 2.05) is 6.92 Å². The highest BCUT2D eigenvalue weighted by Crippen LogP contribution is 2.38. The molecule has 1 heterocycles. The van der Waals surface area contributed by atoms with Crippen molar-refractivity contribution in [2.24, 2.45) is 0 Å². The molecule has 1 saturated heterocycles. The van der Waals surface area contributed by atoms with Crippen molar-refractivity contribution in [1.29, 1.82) is 0 Å². The van der Waals surface area contributed by atoms with Crippen LogP contribution in [-0.2, 0) is 9.59 Å². The first-order chi connectivity index (χ1) is 16.4. The average molecular weight is 547 g/mol. The minimum atomic E-state index is -0.547.